The third-order valence-corrected chi connectivity index (χ3v) is 6.40. The second-order valence-electron chi connectivity index (χ2n) is 8.84. The highest BCUT2D eigenvalue weighted by Gasteiger charge is 2.43. The van der Waals surface area contributed by atoms with E-state index in [1.165, 1.54) is 6.07 Å². The van der Waals surface area contributed by atoms with Crippen LogP contribution in [0.1, 0.15) is 44.1 Å². The fourth-order valence-corrected chi connectivity index (χ4v) is 4.69. The van der Waals surface area contributed by atoms with Gasteiger partial charge in [-0.3, -0.25) is 4.79 Å². The lowest BCUT2D eigenvalue weighted by molar-refractivity contribution is -0.137. The molecule has 1 saturated heterocycles. The molecule has 1 heterocycles. The van der Waals surface area contributed by atoms with Crippen molar-refractivity contribution in [2.45, 2.75) is 63.8 Å². The molecule has 0 unspecified atom stereocenters. The standard InChI is InChI=1S/C24H33FO6/c1-15-5-10-20(25)23(11-15)31-14-17(26)7-9-18-19-8-6-16(3-2-4-24(28)29)13-30-22(19)12-21(18)27/h5,7,9-11,16-19,21-22,26-27H,2-4,6,8,12-14H2,1H3,(H,28,29)/b9-7+/t16-,17+,18+,19+,21+,22-/m0/s1. The number of carboxylic acid groups (broad SMARTS) is 1. The number of aryl methyl sites for hydroxylation is 1. The number of aliphatic hydroxyl groups is 2. The molecule has 0 amide bonds. The molecule has 0 radical (unpaired) electrons. The van der Waals surface area contributed by atoms with Gasteiger partial charge in [0.05, 0.1) is 12.2 Å². The van der Waals surface area contributed by atoms with Gasteiger partial charge in [0.2, 0.25) is 0 Å². The van der Waals surface area contributed by atoms with Gasteiger partial charge in [-0.2, -0.15) is 0 Å². The Hall–Kier alpha value is -1.96. The van der Waals surface area contributed by atoms with E-state index in [0.717, 1.165) is 24.8 Å². The Morgan fingerprint density at radius 1 is 1.39 bits per heavy atom. The molecule has 3 rings (SSSR count). The number of hydrogen-bond acceptors (Lipinski definition) is 5. The first-order valence-corrected chi connectivity index (χ1v) is 11.1. The molecule has 2 aliphatic rings. The Balaban J connectivity index is 1.51. The topological polar surface area (TPSA) is 96.2 Å². The molecule has 7 heteroatoms. The predicted octanol–water partition coefficient (Wildman–Crippen LogP) is 3.48. The van der Waals surface area contributed by atoms with E-state index in [4.69, 9.17) is 14.6 Å². The first kappa shape index (κ1) is 23.7. The van der Waals surface area contributed by atoms with Crippen molar-refractivity contribution in [2.75, 3.05) is 13.2 Å². The zero-order valence-corrected chi connectivity index (χ0v) is 18.0. The zero-order chi connectivity index (χ0) is 22.4. The van der Waals surface area contributed by atoms with Crippen molar-refractivity contribution >= 4 is 5.97 Å². The van der Waals surface area contributed by atoms with E-state index in [2.05, 4.69) is 0 Å². The third kappa shape index (κ3) is 6.76. The van der Waals surface area contributed by atoms with Crippen molar-refractivity contribution in [2.24, 2.45) is 17.8 Å². The summed E-state index contributed by atoms with van der Waals surface area (Å²) in [6.45, 7) is 2.37. The van der Waals surface area contributed by atoms with Gasteiger partial charge in [-0.1, -0.05) is 18.2 Å². The van der Waals surface area contributed by atoms with Crippen LogP contribution in [0.2, 0.25) is 0 Å². The van der Waals surface area contributed by atoms with Crippen LogP contribution in [0.5, 0.6) is 5.75 Å². The Bertz CT molecular complexity index is 766. The van der Waals surface area contributed by atoms with Gasteiger partial charge in [0.15, 0.2) is 11.6 Å². The molecule has 3 N–H and O–H groups in total. The summed E-state index contributed by atoms with van der Waals surface area (Å²) < 4.78 is 25.3. The van der Waals surface area contributed by atoms with Crippen LogP contribution in [0.3, 0.4) is 0 Å². The van der Waals surface area contributed by atoms with Gasteiger partial charge in [-0.15, -0.1) is 0 Å². The minimum Gasteiger partial charge on any atom is -0.487 e. The van der Waals surface area contributed by atoms with Crippen LogP contribution in [-0.4, -0.2) is 52.8 Å². The van der Waals surface area contributed by atoms with Crippen molar-refractivity contribution in [1.29, 1.82) is 0 Å². The SMILES string of the molecule is Cc1ccc(F)c(OC[C@H](O)/C=C/[C@@H]2[C@H]3CC[C@H](CCCC(=O)O)CO[C@H]3C[C@H]2O)c1. The molecule has 1 aliphatic heterocycles. The van der Waals surface area contributed by atoms with Gasteiger partial charge >= 0.3 is 5.97 Å². The van der Waals surface area contributed by atoms with Gasteiger partial charge in [0.1, 0.15) is 12.7 Å². The van der Waals surface area contributed by atoms with Crippen molar-refractivity contribution in [3.05, 3.63) is 41.7 Å². The van der Waals surface area contributed by atoms with Gasteiger partial charge in [-0.25, -0.2) is 4.39 Å². The predicted molar refractivity (Wildman–Crippen MR) is 113 cm³/mol. The van der Waals surface area contributed by atoms with Crippen LogP contribution in [0.4, 0.5) is 4.39 Å². The van der Waals surface area contributed by atoms with Crippen molar-refractivity contribution in [1.82, 2.24) is 0 Å². The summed E-state index contributed by atoms with van der Waals surface area (Å²) in [6, 6.07) is 4.58. The van der Waals surface area contributed by atoms with E-state index in [-0.39, 0.29) is 36.7 Å². The maximum absolute atomic E-state index is 13.8. The molecule has 6 atom stereocenters. The van der Waals surface area contributed by atoms with Gasteiger partial charge in [-0.05, 0) is 62.1 Å². The third-order valence-electron chi connectivity index (χ3n) is 6.40. The number of fused-ring (bicyclic) bond motifs is 1. The van der Waals surface area contributed by atoms with Crippen molar-refractivity contribution < 1.29 is 34.0 Å². The lowest BCUT2D eigenvalue weighted by Crippen LogP contribution is -2.22. The molecule has 0 aromatic heterocycles. The maximum Gasteiger partial charge on any atom is 0.303 e. The Morgan fingerprint density at radius 3 is 2.97 bits per heavy atom. The molecule has 1 aliphatic carbocycles. The summed E-state index contributed by atoms with van der Waals surface area (Å²) in [7, 11) is 0. The van der Waals surface area contributed by atoms with E-state index in [1.54, 1.807) is 18.2 Å². The zero-order valence-electron chi connectivity index (χ0n) is 18.0. The highest BCUT2D eigenvalue weighted by Crippen LogP contribution is 2.42. The fourth-order valence-electron chi connectivity index (χ4n) is 4.69. The first-order valence-electron chi connectivity index (χ1n) is 11.1. The number of carboxylic acids is 1. The van der Waals surface area contributed by atoms with E-state index >= 15 is 0 Å². The van der Waals surface area contributed by atoms with Crippen molar-refractivity contribution in [3.63, 3.8) is 0 Å². The second-order valence-corrected chi connectivity index (χ2v) is 8.84. The fraction of sp³-hybridized carbons (Fsp3) is 0.625. The second kappa shape index (κ2) is 11.1. The number of ether oxygens (including phenoxy) is 2. The van der Waals surface area contributed by atoms with Gasteiger partial charge in [0, 0.05) is 25.4 Å². The highest BCUT2D eigenvalue weighted by atomic mass is 19.1. The normalized spacial score (nSPS) is 29.5. The molecule has 2 fully saturated rings. The monoisotopic (exact) mass is 436 g/mol. The van der Waals surface area contributed by atoms with Crippen LogP contribution in [-0.2, 0) is 9.53 Å². The quantitative estimate of drug-likeness (QED) is 0.513. The summed E-state index contributed by atoms with van der Waals surface area (Å²) in [5, 5.41) is 29.6. The molecule has 31 heavy (non-hydrogen) atoms. The van der Waals surface area contributed by atoms with E-state index in [9.17, 15) is 19.4 Å². The highest BCUT2D eigenvalue weighted by molar-refractivity contribution is 5.66. The number of halogens is 1. The lowest BCUT2D eigenvalue weighted by Gasteiger charge is -2.21. The van der Waals surface area contributed by atoms with E-state index in [0.29, 0.717) is 25.4 Å². The molecule has 0 spiro atoms. The van der Waals surface area contributed by atoms with Crippen LogP contribution in [0.25, 0.3) is 0 Å². The summed E-state index contributed by atoms with van der Waals surface area (Å²) in [5.41, 5.74) is 0.871. The number of carbonyl (C=O) groups is 1. The van der Waals surface area contributed by atoms with Gasteiger partial charge < -0.3 is 24.8 Å². The number of rotatable bonds is 9. The smallest absolute Gasteiger partial charge is 0.303 e. The number of hydrogen-bond donors (Lipinski definition) is 3. The molecule has 1 aromatic rings. The van der Waals surface area contributed by atoms with Crippen LogP contribution in [0, 0.1) is 30.5 Å². The molecular formula is C24H33FO6. The summed E-state index contributed by atoms with van der Waals surface area (Å²) in [6.07, 6.45) is 6.04. The first-order chi connectivity index (χ1) is 14.8. The van der Waals surface area contributed by atoms with Crippen LogP contribution < -0.4 is 4.74 Å². The van der Waals surface area contributed by atoms with Crippen LogP contribution >= 0.6 is 0 Å². The summed E-state index contributed by atoms with van der Waals surface area (Å²) in [5.74, 6) is -0.739. The molecule has 0 bridgehead atoms. The van der Waals surface area contributed by atoms with Crippen LogP contribution in [0.15, 0.2) is 30.4 Å². The largest absolute Gasteiger partial charge is 0.487 e. The molecule has 1 aromatic carbocycles. The lowest BCUT2D eigenvalue weighted by atomic mass is 9.86. The number of aliphatic hydroxyl groups excluding tert-OH is 2. The van der Waals surface area contributed by atoms with Gasteiger partial charge in [0.25, 0.3) is 0 Å². The Kier molecular flexibility index (Phi) is 8.46. The minimum atomic E-state index is -0.915. The van der Waals surface area contributed by atoms with E-state index in [1.807, 2.05) is 13.0 Å². The Labute approximate surface area is 182 Å². The maximum atomic E-state index is 13.8. The average molecular weight is 437 g/mol. The number of aliphatic carboxylic acids is 1. The van der Waals surface area contributed by atoms with Crippen molar-refractivity contribution in [3.8, 4) is 5.75 Å². The Morgan fingerprint density at radius 2 is 2.19 bits per heavy atom. The summed E-state index contributed by atoms with van der Waals surface area (Å²) in [4.78, 5) is 10.7. The van der Waals surface area contributed by atoms with E-state index < -0.39 is 24.0 Å². The molecular weight excluding hydrogens is 403 g/mol. The molecule has 1 saturated carbocycles. The number of benzene rings is 1. The average Bonchev–Trinajstić information content (AvgIpc) is 2.88. The minimum absolute atomic E-state index is 0.0242. The molecule has 172 valence electrons. The summed E-state index contributed by atoms with van der Waals surface area (Å²) >= 11 is 0. The molecule has 6 nitrogen and oxygen atoms in total.